The second-order valence-electron chi connectivity index (χ2n) is 4.93. The molecule has 1 heterocycles. The maximum atomic E-state index is 3.56. The third-order valence-corrected chi connectivity index (χ3v) is 4.06. The number of hydrogen-bond acceptors (Lipinski definition) is 3. The zero-order valence-corrected chi connectivity index (χ0v) is 11.9. The molecule has 1 unspecified atom stereocenters. The predicted octanol–water partition coefficient (Wildman–Crippen LogP) is 2.73. The lowest BCUT2D eigenvalue weighted by Gasteiger charge is -2.28. The van der Waals surface area contributed by atoms with Gasteiger partial charge in [0.2, 0.25) is 0 Å². The lowest BCUT2D eigenvalue weighted by molar-refractivity contribution is 0.224. The van der Waals surface area contributed by atoms with E-state index >= 15 is 0 Å². The van der Waals surface area contributed by atoms with Crippen LogP contribution in [0, 0.1) is 12.8 Å². The van der Waals surface area contributed by atoms with E-state index in [1.807, 2.05) is 11.3 Å². The van der Waals surface area contributed by atoms with E-state index in [0.29, 0.717) is 12.0 Å². The van der Waals surface area contributed by atoms with Crippen molar-refractivity contribution in [3.63, 3.8) is 0 Å². The van der Waals surface area contributed by atoms with Gasteiger partial charge in [-0.1, -0.05) is 13.8 Å². The van der Waals surface area contributed by atoms with Crippen LogP contribution in [0.25, 0.3) is 0 Å². The average molecular weight is 240 g/mol. The summed E-state index contributed by atoms with van der Waals surface area (Å²) in [4.78, 5) is 3.76. The van der Waals surface area contributed by atoms with Gasteiger partial charge in [-0.2, -0.15) is 0 Å². The average Bonchev–Trinajstić information content (AvgIpc) is 2.57. The van der Waals surface area contributed by atoms with E-state index in [1.54, 1.807) is 0 Å². The Morgan fingerprint density at radius 3 is 2.50 bits per heavy atom. The fraction of sp³-hybridized carbons (Fsp3) is 0.692. The van der Waals surface area contributed by atoms with Crippen molar-refractivity contribution in [2.45, 2.75) is 33.4 Å². The summed E-state index contributed by atoms with van der Waals surface area (Å²) < 4.78 is 0. The first-order valence-electron chi connectivity index (χ1n) is 5.92. The van der Waals surface area contributed by atoms with Crippen molar-refractivity contribution in [1.29, 1.82) is 0 Å². The molecule has 0 aliphatic heterocycles. The first-order valence-corrected chi connectivity index (χ1v) is 6.80. The number of hydrogen-bond donors (Lipinski definition) is 1. The van der Waals surface area contributed by atoms with E-state index in [2.05, 4.69) is 56.5 Å². The van der Waals surface area contributed by atoms with Crippen LogP contribution in [-0.4, -0.2) is 31.6 Å². The molecule has 0 saturated heterocycles. The third kappa shape index (κ3) is 3.89. The largest absolute Gasteiger partial charge is 0.310 e. The van der Waals surface area contributed by atoms with Crippen molar-refractivity contribution in [3.05, 3.63) is 21.9 Å². The van der Waals surface area contributed by atoms with Crippen molar-refractivity contribution < 1.29 is 0 Å². The topological polar surface area (TPSA) is 15.3 Å². The van der Waals surface area contributed by atoms with Crippen LogP contribution < -0.4 is 5.32 Å². The van der Waals surface area contributed by atoms with Gasteiger partial charge in [0.25, 0.3) is 0 Å². The lowest BCUT2D eigenvalue weighted by Crippen LogP contribution is -2.41. The van der Waals surface area contributed by atoms with Crippen LogP contribution in [0.4, 0.5) is 0 Å². The SMILES string of the molecule is Cc1ccsc1CNCC(C(C)C)N(C)C. The summed E-state index contributed by atoms with van der Waals surface area (Å²) in [6.45, 7) is 8.80. The summed E-state index contributed by atoms with van der Waals surface area (Å²) in [6, 6.07) is 2.80. The molecule has 2 nitrogen and oxygen atoms in total. The molecule has 0 fully saturated rings. The standard InChI is InChI=1S/C13H24N2S/c1-10(2)12(15(4)5)8-14-9-13-11(3)6-7-16-13/h6-7,10,12,14H,8-9H2,1-5H3. The molecule has 0 radical (unpaired) electrons. The predicted molar refractivity (Wildman–Crippen MR) is 73.1 cm³/mol. The van der Waals surface area contributed by atoms with Crippen LogP contribution in [-0.2, 0) is 6.54 Å². The highest BCUT2D eigenvalue weighted by atomic mass is 32.1. The molecule has 0 aliphatic rings. The Morgan fingerprint density at radius 2 is 2.06 bits per heavy atom. The van der Waals surface area contributed by atoms with Gasteiger partial charge in [-0.3, -0.25) is 0 Å². The molecule has 0 aliphatic carbocycles. The van der Waals surface area contributed by atoms with Gasteiger partial charge in [0.1, 0.15) is 0 Å². The molecule has 0 spiro atoms. The number of nitrogens with one attached hydrogen (secondary N) is 1. The van der Waals surface area contributed by atoms with Gasteiger partial charge in [0.05, 0.1) is 0 Å². The zero-order chi connectivity index (χ0) is 12.1. The highest BCUT2D eigenvalue weighted by molar-refractivity contribution is 7.10. The van der Waals surface area contributed by atoms with Crippen LogP contribution in [0.5, 0.6) is 0 Å². The van der Waals surface area contributed by atoms with E-state index in [-0.39, 0.29) is 0 Å². The molecule has 16 heavy (non-hydrogen) atoms. The van der Waals surface area contributed by atoms with Gasteiger partial charge in [-0.05, 0) is 43.9 Å². The molecule has 1 atom stereocenters. The number of nitrogens with zero attached hydrogens (tertiary/aromatic N) is 1. The molecule has 0 amide bonds. The molecule has 1 rings (SSSR count). The van der Waals surface area contributed by atoms with Gasteiger partial charge < -0.3 is 10.2 Å². The maximum absolute atomic E-state index is 3.56. The molecule has 0 bridgehead atoms. The second kappa shape index (κ2) is 6.38. The van der Waals surface area contributed by atoms with Crippen molar-refractivity contribution in [2.75, 3.05) is 20.6 Å². The van der Waals surface area contributed by atoms with E-state index < -0.39 is 0 Å². The molecule has 0 saturated carbocycles. The van der Waals surface area contributed by atoms with Crippen LogP contribution in [0.3, 0.4) is 0 Å². The fourth-order valence-electron chi connectivity index (χ4n) is 1.93. The number of aryl methyl sites for hydroxylation is 1. The molecule has 1 N–H and O–H groups in total. The van der Waals surface area contributed by atoms with Crippen molar-refractivity contribution in [1.82, 2.24) is 10.2 Å². The van der Waals surface area contributed by atoms with E-state index in [0.717, 1.165) is 13.1 Å². The maximum Gasteiger partial charge on any atom is 0.0303 e. The second-order valence-corrected chi connectivity index (χ2v) is 5.93. The summed E-state index contributed by atoms with van der Waals surface area (Å²) in [5.74, 6) is 0.687. The molecule has 92 valence electrons. The van der Waals surface area contributed by atoms with Crippen molar-refractivity contribution >= 4 is 11.3 Å². The molecule has 0 aromatic carbocycles. The Bertz CT molecular complexity index is 297. The minimum atomic E-state index is 0.611. The Hall–Kier alpha value is -0.380. The van der Waals surface area contributed by atoms with E-state index in [9.17, 15) is 0 Å². The zero-order valence-electron chi connectivity index (χ0n) is 11.1. The van der Waals surface area contributed by atoms with Crippen LogP contribution in [0.2, 0.25) is 0 Å². The Labute approximate surface area is 104 Å². The monoisotopic (exact) mass is 240 g/mol. The van der Waals surface area contributed by atoms with E-state index in [4.69, 9.17) is 0 Å². The summed E-state index contributed by atoms with van der Waals surface area (Å²) in [7, 11) is 4.31. The Balaban J connectivity index is 2.37. The summed E-state index contributed by atoms with van der Waals surface area (Å²) in [6.07, 6.45) is 0. The minimum Gasteiger partial charge on any atom is -0.310 e. The number of rotatable bonds is 6. The third-order valence-electron chi connectivity index (χ3n) is 3.04. The summed E-state index contributed by atoms with van der Waals surface area (Å²) >= 11 is 1.84. The van der Waals surface area contributed by atoms with Crippen LogP contribution in [0.15, 0.2) is 11.4 Å². The number of thiophene rings is 1. The van der Waals surface area contributed by atoms with Crippen molar-refractivity contribution in [2.24, 2.45) is 5.92 Å². The molecular formula is C13H24N2S. The smallest absolute Gasteiger partial charge is 0.0303 e. The molecule has 1 aromatic heterocycles. The minimum absolute atomic E-state index is 0.611. The Morgan fingerprint density at radius 1 is 1.38 bits per heavy atom. The van der Waals surface area contributed by atoms with Gasteiger partial charge in [0, 0.05) is 24.0 Å². The fourth-order valence-corrected chi connectivity index (χ4v) is 2.81. The van der Waals surface area contributed by atoms with E-state index in [1.165, 1.54) is 10.4 Å². The Kier molecular flexibility index (Phi) is 5.46. The highest BCUT2D eigenvalue weighted by Gasteiger charge is 2.14. The van der Waals surface area contributed by atoms with Gasteiger partial charge in [-0.25, -0.2) is 0 Å². The first kappa shape index (κ1) is 13.7. The summed E-state index contributed by atoms with van der Waals surface area (Å²) in [5, 5.41) is 5.73. The molecule has 1 aromatic rings. The van der Waals surface area contributed by atoms with Crippen LogP contribution >= 0.6 is 11.3 Å². The summed E-state index contributed by atoms with van der Waals surface area (Å²) in [5.41, 5.74) is 1.41. The van der Waals surface area contributed by atoms with Crippen LogP contribution in [0.1, 0.15) is 24.3 Å². The lowest BCUT2D eigenvalue weighted by atomic mass is 10.0. The van der Waals surface area contributed by atoms with Crippen molar-refractivity contribution in [3.8, 4) is 0 Å². The quantitative estimate of drug-likeness (QED) is 0.822. The van der Waals surface area contributed by atoms with Gasteiger partial charge >= 0.3 is 0 Å². The first-order chi connectivity index (χ1) is 7.52. The van der Waals surface area contributed by atoms with Gasteiger partial charge in [-0.15, -0.1) is 11.3 Å². The normalized spacial score (nSPS) is 13.7. The van der Waals surface area contributed by atoms with Gasteiger partial charge in [0.15, 0.2) is 0 Å². The molecule has 3 heteroatoms. The number of likely N-dealkylation sites (N-methyl/N-ethyl adjacent to an activating group) is 1. The highest BCUT2D eigenvalue weighted by Crippen LogP contribution is 2.15. The molecular weight excluding hydrogens is 216 g/mol.